The summed E-state index contributed by atoms with van der Waals surface area (Å²) in [5.41, 5.74) is 0.111. The van der Waals surface area contributed by atoms with Crippen LogP contribution < -0.4 is 4.90 Å². The van der Waals surface area contributed by atoms with Crippen molar-refractivity contribution in [2.45, 2.75) is 51.4 Å². The van der Waals surface area contributed by atoms with Crippen molar-refractivity contribution < 1.29 is 19.4 Å². The Balaban J connectivity index is 1.84. The Morgan fingerprint density at radius 2 is 1.92 bits per heavy atom. The fourth-order valence-electron chi connectivity index (χ4n) is 4.79. The van der Waals surface area contributed by atoms with E-state index in [0.29, 0.717) is 23.2 Å². The number of imide groups is 1. The second-order valence-electron chi connectivity index (χ2n) is 7.64. The molecule has 4 heterocycles. The molecule has 7 nitrogen and oxygen atoms in total. The Morgan fingerprint density at radius 3 is 2.56 bits per heavy atom. The molecule has 1 unspecified atom stereocenters. The van der Waals surface area contributed by atoms with Crippen LogP contribution >= 0.6 is 0 Å². The van der Waals surface area contributed by atoms with Crippen molar-refractivity contribution in [1.29, 1.82) is 5.26 Å². The second kappa shape index (κ2) is 4.65. The monoisotopic (exact) mass is 341 g/mol. The molecule has 0 spiro atoms. The van der Waals surface area contributed by atoms with Crippen molar-refractivity contribution in [1.82, 2.24) is 4.98 Å². The molecule has 1 aromatic rings. The fourth-order valence-corrected chi connectivity index (χ4v) is 4.79. The Labute approximate surface area is 145 Å². The van der Waals surface area contributed by atoms with Crippen molar-refractivity contribution in [3.8, 4) is 6.07 Å². The number of rotatable bonds is 1. The number of fused-ring (bicyclic) bond motifs is 5. The predicted octanol–water partition coefficient (Wildman–Crippen LogP) is 0.988. The molecule has 130 valence electrons. The molecule has 2 bridgehead atoms. The number of carbonyl (C=O) groups excluding carboxylic acids is 2. The summed E-state index contributed by atoms with van der Waals surface area (Å²) in [6.07, 6.45) is 0.959. The lowest BCUT2D eigenvalue weighted by Gasteiger charge is -2.31. The lowest BCUT2D eigenvalue weighted by atomic mass is 9.67. The number of nitriles is 1. The quantitative estimate of drug-likeness (QED) is 0.764. The van der Waals surface area contributed by atoms with E-state index in [-0.39, 0.29) is 17.5 Å². The van der Waals surface area contributed by atoms with Crippen molar-refractivity contribution in [3.05, 3.63) is 23.0 Å². The number of pyridine rings is 1. The van der Waals surface area contributed by atoms with E-state index in [1.165, 1.54) is 11.1 Å². The Hall–Kier alpha value is -2.30. The van der Waals surface area contributed by atoms with Gasteiger partial charge < -0.3 is 9.84 Å². The summed E-state index contributed by atoms with van der Waals surface area (Å²) in [5, 5.41) is 19.5. The maximum Gasteiger partial charge on any atom is 0.240 e. The normalized spacial score (nSPS) is 39.0. The fraction of sp³-hybridized carbons (Fsp3) is 0.556. The van der Waals surface area contributed by atoms with Gasteiger partial charge in [-0.3, -0.25) is 9.59 Å². The molecule has 1 N–H and O–H groups in total. The number of aromatic nitrogens is 1. The molecule has 0 aliphatic carbocycles. The standard InChI is InChI=1S/C18H19N3O4/c1-8-9(2)11(7-20-10(8)6-19)21-15(23)13-14(16(21)24)18(4)12(22)5-17(13,3)25-18/h7,12-14,22H,5H2,1-4H3/t12?,13-,14+,17-,18+/m1/s1. The minimum absolute atomic E-state index is 0.276. The molecule has 2 amide bonds. The summed E-state index contributed by atoms with van der Waals surface area (Å²) in [6.45, 7) is 7.01. The van der Waals surface area contributed by atoms with Gasteiger partial charge in [-0.05, 0) is 38.8 Å². The lowest BCUT2D eigenvalue weighted by molar-refractivity contribution is -0.132. The molecular formula is C18H19N3O4. The number of aliphatic hydroxyl groups is 1. The van der Waals surface area contributed by atoms with E-state index in [2.05, 4.69) is 4.98 Å². The summed E-state index contributed by atoms with van der Waals surface area (Å²) < 4.78 is 5.97. The summed E-state index contributed by atoms with van der Waals surface area (Å²) in [6, 6.07) is 2.01. The Kier molecular flexibility index (Phi) is 3.01. The van der Waals surface area contributed by atoms with Gasteiger partial charge in [0.15, 0.2) is 0 Å². The van der Waals surface area contributed by atoms with Gasteiger partial charge in [0.05, 0.1) is 35.4 Å². The van der Waals surface area contributed by atoms with Gasteiger partial charge >= 0.3 is 0 Å². The number of ether oxygens (including phenoxy) is 1. The van der Waals surface area contributed by atoms with Gasteiger partial charge in [-0.15, -0.1) is 0 Å². The van der Waals surface area contributed by atoms with E-state index in [9.17, 15) is 14.7 Å². The zero-order chi connectivity index (χ0) is 18.3. The Bertz CT molecular complexity index is 876. The zero-order valence-corrected chi connectivity index (χ0v) is 14.5. The third-order valence-electron chi connectivity index (χ3n) is 6.26. The first kappa shape index (κ1) is 16.2. The molecular weight excluding hydrogens is 322 g/mol. The van der Waals surface area contributed by atoms with Crippen LogP contribution in [0.4, 0.5) is 5.69 Å². The molecule has 0 saturated carbocycles. The summed E-state index contributed by atoms with van der Waals surface area (Å²) in [4.78, 5) is 31.5. The molecule has 3 aliphatic rings. The van der Waals surface area contributed by atoms with Crippen molar-refractivity contribution in [2.75, 3.05) is 4.90 Å². The van der Waals surface area contributed by atoms with Crippen molar-refractivity contribution in [2.24, 2.45) is 11.8 Å². The highest BCUT2D eigenvalue weighted by molar-refractivity contribution is 6.23. The third-order valence-corrected chi connectivity index (χ3v) is 6.26. The minimum atomic E-state index is -1.05. The molecule has 3 fully saturated rings. The molecule has 3 aliphatic heterocycles. The number of anilines is 1. The van der Waals surface area contributed by atoms with Gasteiger partial charge in [-0.2, -0.15) is 5.26 Å². The summed E-state index contributed by atoms with van der Waals surface area (Å²) in [7, 11) is 0. The van der Waals surface area contributed by atoms with Gasteiger partial charge in [-0.25, -0.2) is 9.88 Å². The number of carbonyl (C=O) groups is 2. The van der Waals surface area contributed by atoms with Crippen LogP contribution in [-0.2, 0) is 14.3 Å². The summed E-state index contributed by atoms with van der Waals surface area (Å²) in [5.74, 6) is -2.00. The first-order valence-electron chi connectivity index (χ1n) is 8.28. The maximum absolute atomic E-state index is 13.1. The smallest absolute Gasteiger partial charge is 0.240 e. The molecule has 3 saturated heterocycles. The van der Waals surface area contributed by atoms with Gasteiger partial charge in [0.2, 0.25) is 11.8 Å². The highest BCUT2D eigenvalue weighted by Gasteiger charge is 2.75. The van der Waals surface area contributed by atoms with Crippen molar-refractivity contribution >= 4 is 17.5 Å². The van der Waals surface area contributed by atoms with Crippen LogP contribution in [-0.4, -0.2) is 39.2 Å². The molecule has 25 heavy (non-hydrogen) atoms. The third kappa shape index (κ3) is 1.73. The van der Waals surface area contributed by atoms with Gasteiger partial charge in [0, 0.05) is 6.42 Å². The topological polar surface area (TPSA) is 104 Å². The first-order valence-corrected chi connectivity index (χ1v) is 8.28. The molecule has 0 aromatic carbocycles. The minimum Gasteiger partial charge on any atom is -0.390 e. The first-order chi connectivity index (χ1) is 11.7. The van der Waals surface area contributed by atoms with Crippen LogP contribution in [0, 0.1) is 37.0 Å². The van der Waals surface area contributed by atoms with Crippen LogP contribution in [0.3, 0.4) is 0 Å². The van der Waals surface area contributed by atoms with Crippen LogP contribution in [0.2, 0.25) is 0 Å². The number of hydrogen-bond donors (Lipinski definition) is 1. The predicted molar refractivity (Wildman–Crippen MR) is 86.4 cm³/mol. The average molecular weight is 341 g/mol. The summed E-state index contributed by atoms with van der Waals surface area (Å²) >= 11 is 0. The molecule has 0 radical (unpaired) electrons. The average Bonchev–Trinajstić information content (AvgIpc) is 3.05. The van der Waals surface area contributed by atoms with E-state index >= 15 is 0 Å². The second-order valence-corrected chi connectivity index (χ2v) is 7.64. The largest absolute Gasteiger partial charge is 0.390 e. The van der Waals surface area contributed by atoms with E-state index in [0.717, 1.165) is 0 Å². The number of aliphatic hydroxyl groups excluding tert-OH is 1. The maximum atomic E-state index is 13.1. The van der Waals surface area contributed by atoms with Crippen LogP contribution in [0.1, 0.15) is 37.1 Å². The van der Waals surface area contributed by atoms with Crippen molar-refractivity contribution in [3.63, 3.8) is 0 Å². The number of amides is 2. The van der Waals surface area contributed by atoms with E-state index in [4.69, 9.17) is 10.00 Å². The highest BCUT2D eigenvalue weighted by atomic mass is 16.6. The van der Waals surface area contributed by atoms with Gasteiger partial charge in [0.1, 0.15) is 17.4 Å². The molecule has 4 rings (SSSR count). The van der Waals surface area contributed by atoms with Crippen LogP contribution in [0.25, 0.3) is 0 Å². The molecule has 5 atom stereocenters. The lowest BCUT2D eigenvalue weighted by Crippen LogP contribution is -2.49. The van der Waals surface area contributed by atoms with Crippen LogP contribution in [0.15, 0.2) is 6.20 Å². The van der Waals surface area contributed by atoms with Crippen LogP contribution in [0.5, 0.6) is 0 Å². The van der Waals surface area contributed by atoms with E-state index < -0.39 is 29.1 Å². The Morgan fingerprint density at radius 1 is 1.28 bits per heavy atom. The van der Waals surface area contributed by atoms with Gasteiger partial charge in [0.25, 0.3) is 0 Å². The SMILES string of the molecule is Cc1c(N2C(=O)[C@@H]3[C@H](C2=O)[C@@]2(C)CC(O)[C@]3(C)O2)cnc(C#N)c1C. The highest BCUT2D eigenvalue weighted by Crippen LogP contribution is 2.61. The van der Waals surface area contributed by atoms with Gasteiger partial charge in [-0.1, -0.05) is 0 Å². The molecule has 1 aromatic heterocycles. The van der Waals surface area contributed by atoms with E-state index in [1.54, 1.807) is 27.7 Å². The van der Waals surface area contributed by atoms with E-state index in [1.807, 2.05) is 6.07 Å². The zero-order valence-electron chi connectivity index (χ0n) is 14.5. The molecule has 7 heteroatoms. The number of hydrogen-bond acceptors (Lipinski definition) is 6. The number of nitrogens with zero attached hydrogens (tertiary/aromatic N) is 3.